The molecule has 0 aromatic heterocycles. The van der Waals surface area contributed by atoms with Crippen molar-refractivity contribution in [2.24, 2.45) is 5.92 Å². The Bertz CT molecular complexity index is 729. The summed E-state index contributed by atoms with van der Waals surface area (Å²) < 4.78 is 0. The van der Waals surface area contributed by atoms with Gasteiger partial charge in [-0.1, -0.05) is 13.8 Å². The Morgan fingerprint density at radius 2 is 1.96 bits per heavy atom. The third kappa shape index (κ3) is 3.74. The number of benzene rings is 1. The molecule has 0 aliphatic carbocycles. The molecule has 2 aliphatic heterocycles. The van der Waals surface area contributed by atoms with Crippen LogP contribution in [0.25, 0.3) is 0 Å². The molecule has 1 atom stereocenters. The van der Waals surface area contributed by atoms with E-state index in [1.54, 1.807) is 0 Å². The largest absolute Gasteiger partial charge is 0.373 e. The lowest BCUT2D eigenvalue weighted by Crippen LogP contribution is -2.35. The van der Waals surface area contributed by atoms with Gasteiger partial charge in [0, 0.05) is 30.9 Å². The van der Waals surface area contributed by atoms with Crippen LogP contribution in [0.3, 0.4) is 0 Å². The summed E-state index contributed by atoms with van der Waals surface area (Å²) in [4.78, 5) is 39.8. The van der Waals surface area contributed by atoms with Gasteiger partial charge in [0.15, 0.2) is 0 Å². The van der Waals surface area contributed by atoms with Crippen molar-refractivity contribution in [2.45, 2.75) is 52.5 Å². The Balaban J connectivity index is 1.67. The number of hydrogen-bond donors (Lipinski definition) is 1. The summed E-state index contributed by atoms with van der Waals surface area (Å²) in [5, 5.41) is 3.19. The monoisotopic (exact) mass is 357 g/mol. The highest BCUT2D eigenvalue weighted by atomic mass is 16.2. The van der Waals surface area contributed by atoms with E-state index >= 15 is 0 Å². The molecule has 0 saturated carbocycles. The van der Waals surface area contributed by atoms with Crippen molar-refractivity contribution in [2.75, 3.05) is 23.3 Å². The van der Waals surface area contributed by atoms with Crippen molar-refractivity contribution >= 4 is 29.1 Å². The Morgan fingerprint density at radius 1 is 1.19 bits per heavy atom. The molecule has 0 bridgehead atoms. The minimum atomic E-state index is -0.506. The second-order valence-corrected chi connectivity index (χ2v) is 7.62. The van der Waals surface area contributed by atoms with Gasteiger partial charge in [0.25, 0.3) is 5.91 Å². The van der Waals surface area contributed by atoms with Crippen LogP contribution in [0, 0.1) is 12.8 Å². The van der Waals surface area contributed by atoms with Crippen LogP contribution in [0.1, 0.15) is 45.1 Å². The Labute approximate surface area is 154 Å². The van der Waals surface area contributed by atoms with Gasteiger partial charge in [-0.05, 0) is 49.4 Å². The van der Waals surface area contributed by atoms with E-state index in [2.05, 4.69) is 19.2 Å². The molecule has 1 N–H and O–H groups in total. The van der Waals surface area contributed by atoms with Gasteiger partial charge in [-0.15, -0.1) is 0 Å². The summed E-state index contributed by atoms with van der Waals surface area (Å²) in [5.74, 6) is 0.355. The van der Waals surface area contributed by atoms with Crippen LogP contribution >= 0.6 is 0 Å². The minimum absolute atomic E-state index is 0.107. The molecule has 2 fully saturated rings. The summed E-state index contributed by atoms with van der Waals surface area (Å²) in [5.41, 5.74) is 2.71. The minimum Gasteiger partial charge on any atom is -0.373 e. The maximum atomic E-state index is 12.5. The number of nitrogens with one attached hydrogen (secondary N) is 1. The van der Waals surface area contributed by atoms with E-state index in [-0.39, 0.29) is 24.1 Å². The fraction of sp³-hybridized carbons (Fsp3) is 0.550. The average Bonchev–Trinajstić information content (AvgIpc) is 3.10. The molecule has 2 heterocycles. The third-order valence-corrected chi connectivity index (χ3v) is 5.08. The van der Waals surface area contributed by atoms with Gasteiger partial charge in [0.2, 0.25) is 11.8 Å². The van der Waals surface area contributed by atoms with Gasteiger partial charge in [0.1, 0.15) is 6.04 Å². The number of carbonyl (C=O) groups excluding carboxylic acids is 3. The SMILES string of the molecule is Cc1cc(N[C@@H]2CC(=O)N(CCC(C)C)C2=O)ccc1N1CCCC1=O. The number of anilines is 2. The van der Waals surface area contributed by atoms with Crippen molar-refractivity contribution in [3.05, 3.63) is 23.8 Å². The number of hydrogen-bond acceptors (Lipinski definition) is 4. The molecule has 0 radical (unpaired) electrons. The molecular weight excluding hydrogens is 330 g/mol. The van der Waals surface area contributed by atoms with Crippen molar-refractivity contribution in [3.8, 4) is 0 Å². The van der Waals surface area contributed by atoms with Gasteiger partial charge in [0.05, 0.1) is 6.42 Å². The fourth-order valence-corrected chi connectivity index (χ4v) is 3.57. The molecular formula is C20H27N3O3. The number of carbonyl (C=O) groups is 3. The van der Waals surface area contributed by atoms with E-state index in [1.165, 1.54) is 4.90 Å². The summed E-state index contributed by atoms with van der Waals surface area (Å²) >= 11 is 0. The summed E-state index contributed by atoms with van der Waals surface area (Å²) in [6.07, 6.45) is 2.51. The topological polar surface area (TPSA) is 69.7 Å². The standard InChI is InChI=1S/C20H27N3O3/c1-13(2)8-10-23-19(25)12-16(20(23)26)21-15-6-7-17(14(3)11-15)22-9-4-5-18(22)24/h6-7,11,13,16,21H,4-5,8-10,12H2,1-3H3/t16-/m1/s1. The Morgan fingerprint density at radius 3 is 2.58 bits per heavy atom. The highest BCUT2D eigenvalue weighted by Gasteiger charge is 2.38. The first-order valence-electron chi connectivity index (χ1n) is 9.38. The number of amides is 3. The van der Waals surface area contributed by atoms with Gasteiger partial charge in [-0.25, -0.2) is 0 Å². The lowest BCUT2D eigenvalue weighted by atomic mass is 10.1. The lowest BCUT2D eigenvalue weighted by molar-refractivity contribution is -0.138. The molecule has 26 heavy (non-hydrogen) atoms. The molecule has 3 rings (SSSR count). The molecule has 0 spiro atoms. The first-order chi connectivity index (χ1) is 12.4. The molecule has 2 aliphatic rings. The molecule has 1 aromatic rings. The van der Waals surface area contributed by atoms with Crippen LogP contribution in [0.15, 0.2) is 18.2 Å². The molecule has 140 valence electrons. The van der Waals surface area contributed by atoms with E-state index in [0.717, 1.165) is 36.3 Å². The third-order valence-electron chi connectivity index (χ3n) is 5.08. The quantitative estimate of drug-likeness (QED) is 0.795. The number of likely N-dealkylation sites (tertiary alicyclic amines) is 1. The normalized spacial score (nSPS) is 20.6. The van der Waals surface area contributed by atoms with Crippen molar-refractivity contribution in [1.29, 1.82) is 0 Å². The molecule has 6 nitrogen and oxygen atoms in total. The molecule has 6 heteroatoms. The van der Waals surface area contributed by atoms with Crippen molar-refractivity contribution in [1.82, 2.24) is 4.90 Å². The predicted octanol–water partition coefficient (Wildman–Crippen LogP) is 2.71. The van der Waals surface area contributed by atoms with E-state index in [4.69, 9.17) is 0 Å². The smallest absolute Gasteiger partial charge is 0.252 e. The number of imide groups is 1. The highest BCUT2D eigenvalue weighted by Crippen LogP contribution is 2.28. The lowest BCUT2D eigenvalue weighted by Gasteiger charge is -2.20. The van der Waals surface area contributed by atoms with E-state index in [0.29, 0.717) is 18.9 Å². The van der Waals surface area contributed by atoms with E-state index in [9.17, 15) is 14.4 Å². The maximum Gasteiger partial charge on any atom is 0.252 e. The van der Waals surface area contributed by atoms with Crippen LogP contribution in [0.5, 0.6) is 0 Å². The molecule has 1 aromatic carbocycles. The summed E-state index contributed by atoms with van der Waals surface area (Å²) in [6.45, 7) is 7.37. The van der Waals surface area contributed by atoms with Gasteiger partial charge < -0.3 is 10.2 Å². The second-order valence-electron chi connectivity index (χ2n) is 7.62. The van der Waals surface area contributed by atoms with Gasteiger partial charge in [-0.3, -0.25) is 19.3 Å². The van der Waals surface area contributed by atoms with Crippen molar-refractivity contribution < 1.29 is 14.4 Å². The Hall–Kier alpha value is -2.37. The molecule has 0 unspecified atom stereocenters. The molecule has 3 amide bonds. The number of rotatable bonds is 6. The van der Waals surface area contributed by atoms with Gasteiger partial charge in [-0.2, -0.15) is 0 Å². The van der Waals surface area contributed by atoms with Crippen LogP contribution in [0.4, 0.5) is 11.4 Å². The van der Waals surface area contributed by atoms with E-state index < -0.39 is 6.04 Å². The summed E-state index contributed by atoms with van der Waals surface area (Å²) in [7, 11) is 0. The van der Waals surface area contributed by atoms with Crippen molar-refractivity contribution in [3.63, 3.8) is 0 Å². The van der Waals surface area contributed by atoms with Crippen LogP contribution in [-0.4, -0.2) is 41.8 Å². The van der Waals surface area contributed by atoms with Gasteiger partial charge >= 0.3 is 0 Å². The zero-order valence-electron chi connectivity index (χ0n) is 15.7. The average molecular weight is 357 g/mol. The van der Waals surface area contributed by atoms with Crippen LogP contribution in [-0.2, 0) is 14.4 Å². The maximum absolute atomic E-state index is 12.5. The molecule has 2 saturated heterocycles. The second kappa shape index (κ2) is 7.48. The number of nitrogens with zero attached hydrogens (tertiary/aromatic N) is 2. The summed E-state index contributed by atoms with van der Waals surface area (Å²) in [6, 6.07) is 5.23. The number of aryl methyl sites for hydroxylation is 1. The van der Waals surface area contributed by atoms with Crippen LogP contribution in [0.2, 0.25) is 0 Å². The highest BCUT2D eigenvalue weighted by molar-refractivity contribution is 6.06. The first-order valence-corrected chi connectivity index (χ1v) is 9.38. The van der Waals surface area contributed by atoms with E-state index in [1.807, 2.05) is 30.0 Å². The zero-order valence-corrected chi connectivity index (χ0v) is 15.7. The predicted molar refractivity (Wildman–Crippen MR) is 101 cm³/mol. The zero-order chi connectivity index (χ0) is 18.8. The Kier molecular flexibility index (Phi) is 5.30. The first kappa shape index (κ1) is 18.4. The fourth-order valence-electron chi connectivity index (χ4n) is 3.57. The van der Waals surface area contributed by atoms with Crippen LogP contribution < -0.4 is 10.2 Å².